The highest BCUT2D eigenvalue weighted by molar-refractivity contribution is 5.92. The number of hydrogen-bond donors (Lipinski definition) is 2. The highest BCUT2D eigenvalue weighted by Crippen LogP contribution is 2.45. The molecular weight excluding hydrogens is 417 g/mol. The van der Waals surface area contributed by atoms with Crippen molar-refractivity contribution in [3.8, 4) is 11.3 Å². The number of aryl methyl sites for hydroxylation is 1. The number of primary amides is 1. The fourth-order valence-corrected chi connectivity index (χ4v) is 3.96. The summed E-state index contributed by atoms with van der Waals surface area (Å²) in [5.74, 6) is -1.51. The monoisotopic (exact) mass is 440 g/mol. The molecule has 0 bridgehead atoms. The maximum absolute atomic E-state index is 14.1. The van der Waals surface area contributed by atoms with Crippen LogP contribution in [-0.2, 0) is 18.3 Å². The third-order valence-electron chi connectivity index (χ3n) is 5.79. The number of hydrogen-bond acceptors (Lipinski definition) is 2. The summed E-state index contributed by atoms with van der Waals surface area (Å²) in [5, 5.41) is 4.48. The highest BCUT2D eigenvalue weighted by Gasteiger charge is 2.27. The molecule has 1 aliphatic carbocycles. The SMILES string of the molecule is Cn1nccc1CC(N)=O.Fc1ccc(-c2[nH]c3c(F)cc(F)cc3c2C2CCC2)cc1. The van der Waals surface area contributed by atoms with Gasteiger partial charge in [-0.2, -0.15) is 5.10 Å². The summed E-state index contributed by atoms with van der Waals surface area (Å²) in [6.45, 7) is 0. The van der Waals surface area contributed by atoms with E-state index in [1.807, 2.05) is 0 Å². The van der Waals surface area contributed by atoms with Crippen molar-refractivity contribution >= 4 is 16.8 Å². The number of H-pyrrole nitrogens is 1. The minimum Gasteiger partial charge on any atom is -0.369 e. The Morgan fingerprint density at radius 2 is 1.84 bits per heavy atom. The van der Waals surface area contributed by atoms with Crippen LogP contribution in [0, 0.1) is 17.5 Å². The average molecular weight is 440 g/mol. The molecule has 1 fully saturated rings. The molecule has 1 amide bonds. The molecule has 4 aromatic rings. The molecule has 1 saturated carbocycles. The van der Waals surface area contributed by atoms with E-state index < -0.39 is 11.6 Å². The molecule has 8 heteroatoms. The lowest BCUT2D eigenvalue weighted by Gasteiger charge is -2.26. The summed E-state index contributed by atoms with van der Waals surface area (Å²) >= 11 is 0. The molecule has 166 valence electrons. The molecular formula is C24H23F3N4O. The second-order valence-electron chi connectivity index (χ2n) is 7.95. The van der Waals surface area contributed by atoms with Crippen LogP contribution in [0.1, 0.15) is 36.4 Å². The number of aromatic nitrogens is 3. The number of carbonyl (C=O) groups excluding carboxylic acids is 1. The van der Waals surface area contributed by atoms with Gasteiger partial charge in [0.1, 0.15) is 17.5 Å². The van der Waals surface area contributed by atoms with Crippen LogP contribution < -0.4 is 5.73 Å². The van der Waals surface area contributed by atoms with Gasteiger partial charge in [-0.25, -0.2) is 13.2 Å². The van der Waals surface area contributed by atoms with Gasteiger partial charge in [0.05, 0.1) is 17.6 Å². The third-order valence-corrected chi connectivity index (χ3v) is 5.79. The van der Waals surface area contributed by atoms with Crippen molar-refractivity contribution in [2.45, 2.75) is 31.6 Å². The Morgan fingerprint density at radius 3 is 2.41 bits per heavy atom. The lowest BCUT2D eigenvalue weighted by molar-refractivity contribution is -0.117. The van der Waals surface area contributed by atoms with Gasteiger partial charge >= 0.3 is 0 Å². The predicted octanol–water partition coefficient (Wildman–Crippen LogP) is 4.97. The molecule has 0 saturated heterocycles. The first kappa shape index (κ1) is 21.7. The van der Waals surface area contributed by atoms with Gasteiger partial charge in [-0.15, -0.1) is 0 Å². The molecule has 0 spiro atoms. The molecule has 0 radical (unpaired) electrons. The standard InChI is InChI=1S/C18H14F3N.C6H9N3O/c19-12-6-4-11(5-7-12)17-16(10-2-1-3-10)14-8-13(20)9-15(21)18(14)22-17;1-9-5(2-3-8-9)4-6(7)10/h4-10,22H,1-3H2;2-3H,4H2,1H3,(H2,7,10). The molecule has 0 aliphatic heterocycles. The van der Waals surface area contributed by atoms with Crippen LogP contribution in [0.15, 0.2) is 48.7 Å². The number of amides is 1. The molecule has 5 nitrogen and oxygen atoms in total. The van der Waals surface area contributed by atoms with Crippen molar-refractivity contribution in [3.05, 3.63) is 77.4 Å². The van der Waals surface area contributed by atoms with Crippen LogP contribution in [0.25, 0.3) is 22.2 Å². The van der Waals surface area contributed by atoms with Crippen molar-refractivity contribution in [1.82, 2.24) is 14.8 Å². The number of fused-ring (bicyclic) bond motifs is 1. The number of aromatic amines is 1. The second kappa shape index (κ2) is 8.90. The van der Waals surface area contributed by atoms with E-state index in [0.717, 1.165) is 47.8 Å². The van der Waals surface area contributed by atoms with Gasteiger partial charge in [0.25, 0.3) is 0 Å². The van der Waals surface area contributed by atoms with E-state index in [1.165, 1.54) is 18.2 Å². The van der Waals surface area contributed by atoms with Crippen LogP contribution in [0.5, 0.6) is 0 Å². The number of carbonyl (C=O) groups is 1. The highest BCUT2D eigenvalue weighted by atomic mass is 19.1. The van der Waals surface area contributed by atoms with Crippen molar-refractivity contribution in [2.75, 3.05) is 0 Å². The Hall–Kier alpha value is -3.55. The Labute approximate surface area is 183 Å². The van der Waals surface area contributed by atoms with Crippen molar-refractivity contribution in [2.24, 2.45) is 12.8 Å². The fourth-order valence-electron chi connectivity index (χ4n) is 3.96. The smallest absolute Gasteiger partial charge is 0.223 e. The lowest BCUT2D eigenvalue weighted by atomic mass is 9.78. The van der Waals surface area contributed by atoms with Gasteiger partial charge in [0.2, 0.25) is 5.91 Å². The number of nitrogens with zero attached hydrogens (tertiary/aromatic N) is 2. The number of benzene rings is 2. The zero-order valence-corrected chi connectivity index (χ0v) is 17.5. The summed E-state index contributed by atoms with van der Waals surface area (Å²) in [6.07, 6.45) is 5.05. The van der Waals surface area contributed by atoms with Gasteiger partial charge < -0.3 is 10.7 Å². The van der Waals surface area contributed by atoms with Crippen LogP contribution in [-0.4, -0.2) is 20.7 Å². The van der Waals surface area contributed by atoms with Crippen LogP contribution in [0.3, 0.4) is 0 Å². The van der Waals surface area contributed by atoms with E-state index in [2.05, 4.69) is 10.1 Å². The largest absolute Gasteiger partial charge is 0.369 e. The third kappa shape index (κ3) is 4.39. The first-order valence-electron chi connectivity index (χ1n) is 10.3. The van der Waals surface area contributed by atoms with E-state index in [4.69, 9.17) is 5.73 Å². The molecule has 5 rings (SSSR count). The van der Waals surface area contributed by atoms with Gasteiger partial charge in [-0.05, 0) is 66.3 Å². The second-order valence-corrected chi connectivity index (χ2v) is 7.95. The lowest BCUT2D eigenvalue weighted by Crippen LogP contribution is -2.15. The summed E-state index contributed by atoms with van der Waals surface area (Å²) in [5.41, 5.74) is 8.64. The molecule has 1 aliphatic rings. The van der Waals surface area contributed by atoms with E-state index in [9.17, 15) is 18.0 Å². The van der Waals surface area contributed by atoms with Crippen LogP contribution in [0.2, 0.25) is 0 Å². The molecule has 0 atom stereocenters. The minimum atomic E-state index is -0.594. The molecule has 3 N–H and O–H groups in total. The first-order valence-corrected chi connectivity index (χ1v) is 10.3. The van der Waals surface area contributed by atoms with Gasteiger partial charge in [-0.3, -0.25) is 9.48 Å². The summed E-state index contributed by atoms with van der Waals surface area (Å²) in [6, 6.07) is 10.1. The summed E-state index contributed by atoms with van der Waals surface area (Å²) in [4.78, 5) is 13.5. The normalized spacial score (nSPS) is 13.5. The number of rotatable bonds is 4. The summed E-state index contributed by atoms with van der Waals surface area (Å²) < 4.78 is 42.5. The van der Waals surface area contributed by atoms with E-state index in [1.54, 1.807) is 36.1 Å². The maximum atomic E-state index is 14.1. The molecule has 32 heavy (non-hydrogen) atoms. The maximum Gasteiger partial charge on any atom is 0.223 e. The average Bonchev–Trinajstić information content (AvgIpc) is 3.26. The van der Waals surface area contributed by atoms with Crippen molar-refractivity contribution in [3.63, 3.8) is 0 Å². The summed E-state index contributed by atoms with van der Waals surface area (Å²) in [7, 11) is 1.78. The van der Waals surface area contributed by atoms with E-state index in [0.29, 0.717) is 16.8 Å². The number of nitrogens with one attached hydrogen (secondary N) is 1. The van der Waals surface area contributed by atoms with Gasteiger partial charge in [0.15, 0.2) is 0 Å². The quantitative estimate of drug-likeness (QED) is 0.470. The molecule has 2 aromatic carbocycles. The zero-order chi connectivity index (χ0) is 22.8. The predicted molar refractivity (Wildman–Crippen MR) is 116 cm³/mol. The zero-order valence-electron chi connectivity index (χ0n) is 17.5. The molecule has 2 aromatic heterocycles. The number of nitrogens with two attached hydrogens (primary N) is 1. The Balaban J connectivity index is 0.000000207. The topological polar surface area (TPSA) is 76.7 Å². The van der Waals surface area contributed by atoms with Crippen LogP contribution in [0.4, 0.5) is 13.2 Å². The minimum absolute atomic E-state index is 0.260. The van der Waals surface area contributed by atoms with E-state index >= 15 is 0 Å². The fraction of sp³-hybridized carbons (Fsp3) is 0.250. The van der Waals surface area contributed by atoms with Gasteiger partial charge in [-0.1, -0.05) is 6.42 Å². The van der Waals surface area contributed by atoms with E-state index in [-0.39, 0.29) is 18.1 Å². The molecule has 2 heterocycles. The van der Waals surface area contributed by atoms with Crippen molar-refractivity contribution in [1.29, 1.82) is 0 Å². The Morgan fingerprint density at radius 1 is 1.12 bits per heavy atom. The van der Waals surface area contributed by atoms with Gasteiger partial charge in [0, 0.05) is 30.4 Å². The first-order chi connectivity index (χ1) is 15.3. The Bertz CT molecular complexity index is 1260. The van der Waals surface area contributed by atoms with Crippen LogP contribution >= 0.6 is 0 Å². The number of halogens is 3. The molecule has 0 unspecified atom stereocenters. The Kier molecular flexibility index (Phi) is 6.03. The van der Waals surface area contributed by atoms with Crippen molar-refractivity contribution < 1.29 is 18.0 Å².